The van der Waals surface area contributed by atoms with Gasteiger partial charge in [-0.3, -0.25) is 14.5 Å². The van der Waals surface area contributed by atoms with Crippen LogP contribution in [0, 0.1) is 0 Å². The van der Waals surface area contributed by atoms with Crippen LogP contribution in [0.25, 0.3) is 10.1 Å². The number of piperazine rings is 1. The second kappa shape index (κ2) is 10.1. The number of carbonyl (C=O) groups excluding carboxylic acids is 2. The number of hydrogen-bond donors (Lipinski definition) is 1. The number of fused-ring (bicyclic) bond motifs is 1. The summed E-state index contributed by atoms with van der Waals surface area (Å²) in [7, 11) is 0. The number of rotatable bonds is 5. The number of hydrogen-bond acceptors (Lipinski definition) is 5. The minimum Gasteiger partial charge on any atom is -0.395 e. The molecule has 2 saturated heterocycles. The van der Waals surface area contributed by atoms with Crippen LogP contribution in [0.3, 0.4) is 0 Å². The number of benzene rings is 1. The average molecular weight is 444 g/mol. The standard InChI is InChI=1S/C24H33N3O3S/c1-18(29)27-10-6-2-3-7-19(27)17-21-20-8-4-5-9-22(20)31-23(21)24(30)26-13-11-25(12-14-26)15-16-28/h4-5,8-9,19,28H,2-3,6-7,10-17H2,1H3/t19-/m1/s1. The Balaban J connectivity index is 1.61. The van der Waals surface area contributed by atoms with Crippen molar-refractivity contribution in [2.75, 3.05) is 45.9 Å². The van der Waals surface area contributed by atoms with E-state index >= 15 is 0 Å². The molecule has 2 fully saturated rings. The molecule has 0 saturated carbocycles. The van der Waals surface area contributed by atoms with Gasteiger partial charge in [-0.25, -0.2) is 0 Å². The normalized spacial score (nSPS) is 20.8. The number of amides is 2. The smallest absolute Gasteiger partial charge is 0.264 e. The molecule has 4 rings (SSSR count). The molecule has 2 amide bonds. The third-order valence-corrected chi connectivity index (χ3v) is 7.89. The molecule has 2 aliphatic heterocycles. The number of β-amino-alcohol motifs (C(OH)–C–C–N with tert-alkyl or cyclic N) is 1. The van der Waals surface area contributed by atoms with E-state index in [1.165, 1.54) is 0 Å². The molecule has 0 unspecified atom stereocenters. The molecule has 0 spiro atoms. The van der Waals surface area contributed by atoms with Gasteiger partial charge in [-0.2, -0.15) is 0 Å². The zero-order valence-corrected chi connectivity index (χ0v) is 19.2. The monoisotopic (exact) mass is 443 g/mol. The van der Waals surface area contributed by atoms with Crippen LogP contribution < -0.4 is 0 Å². The van der Waals surface area contributed by atoms with Crippen LogP contribution in [0.5, 0.6) is 0 Å². The van der Waals surface area contributed by atoms with Gasteiger partial charge in [0.15, 0.2) is 0 Å². The largest absolute Gasteiger partial charge is 0.395 e. The van der Waals surface area contributed by atoms with Crippen LogP contribution in [0.4, 0.5) is 0 Å². The Labute approximate surface area is 188 Å². The predicted molar refractivity (Wildman–Crippen MR) is 125 cm³/mol. The highest BCUT2D eigenvalue weighted by Gasteiger charge is 2.30. The molecule has 0 radical (unpaired) electrons. The number of thiophene rings is 1. The Morgan fingerprint density at radius 1 is 1.06 bits per heavy atom. The van der Waals surface area contributed by atoms with Crippen LogP contribution in [0.2, 0.25) is 0 Å². The first-order valence-corrected chi connectivity index (χ1v) is 12.3. The lowest BCUT2D eigenvalue weighted by atomic mass is 9.97. The van der Waals surface area contributed by atoms with Gasteiger partial charge in [-0.05, 0) is 36.3 Å². The second-order valence-electron chi connectivity index (χ2n) is 8.68. The predicted octanol–water partition coefficient (Wildman–Crippen LogP) is 2.99. The van der Waals surface area contributed by atoms with Crippen molar-refractivity contribution >= 4 is 33.2 Å². The molecule has 2 aliphatic rings. The molecule has 6 nitrogen and oxygen atoms in total. The third kappa shape index (κ3) is 4.94. The van der Waals surface area contributed by atoms with Crippen LogP contribution in [-0.4, -0.2) is 83.5 Å². The lowest BCUT2D eigenvalue weighted by molar-refractivity contribution is -0.131. The first kappa shape index (κ1) is 22.2. The highest BCUT2D eigenvalue weighted by atomic mass is 32.1. The summed E-state index contributed by atoms with van der Waals surface area (Å²) in [5.41, 5.74) is 1.11. The first-order chi connectivity index (χ1) is 15.1. The number of carbonyl (C=O) groups is 2. The Morgan fingerprint density at radius 3 is 2.58 bits per heavy atom. The maximum absolute atomic E-state index is 13.6. The number of likely N-dealkylation sites (tertiary alicyclic amines) is 1. The van der Waals surface area contributed by atoms with Crippen molar-refractivity contribution in [1.29, 1.82) is 0 Å². The Bertz CT molecular complexity index is 920. The summed E-state index contributed by atoms with van der Waals surface area (Å²) in [6.45, 7) is 6.28. The summed E-state index contributed by atoms with van der Waals surface area (Å²) < 4.78 is 1.14. The van der Waals surface area contributed by atoms with Crippen molar-refractivity contribution in [3.8, 4) is 0 Å². The van der Waals surface area contributed by atoms with E-state index in [1.54, 1.807) is 18.3 Å². The van der Waals surface area contributed by atoms with E-state index in [4.69, 9.17) is 0 Å². The van der Waals surface area contributed by atoms with E-state index in [-0.39, 0.29) is 24.5 Å². The van der Waals surface area contributed by atoms with E-state index in [2.05, 4.69) is 17.0 Å². The van der Waals surface area contributed by atoms with Gasteiger partial charge >= 0.3 is 0 Å². The molecule has 3 heterocycles. The van der Waals surface area contributed by atoms with Crippen LogP contribution in [-0.2, 0) is 11.2 Å². The van der Waals surface area contributed by atoms with Crippen LogP contribution in [0.15, 0.2) is 24.3 Å². The molecular weight excluding hydrogens is 410 g/mol. The van der Waals surface area contributed by atoms with Crippen LogP contribution >= 0.6 is 11.3 Å². The van der Waals surface area contributed by atoms with E-state index < -0.39 is 0 Å². The molecule has 2 aromatic rings. The van der Waals surface area contributed by atoms with Crippen molar-refractivity contribution in [3.63, 3.8) is 0 Å². The minimum atomic E-state index is 0.114. The molecule has 1 aromatic carbocycles. The third-order valence-electron chi connectivity index (χ3n) is 6.69. The Hall–Kier alpha value is -1.96. The topological polar surface area (TPSA) is 64.1 Å². The van der Waals surface area contributed by atoms with Crippen molar-refractivity contribution in [2.45, 2.75) is 45.1 Å². The van der Waals surface area contributed by atoms with Crippen molar-refractivity contribution in [1.82, 2.24) is 14.7 Å². The SMILES string of the molecule is CC(=O)N1CCCCC[C@@H]1Cc1c(C(=O)N2CCN(CCO)CC2)sc2ccccc12. The zero-order chi connectivity index (χ0) is 21.8. The molecule has 7 heteroatoms. The highest BCUT2D eigenvalue weighted by molar-refractivity contribution is 7.21. The molecule has 1 aromatic heterocycles. The minimum absolute atomic E-state index is 0.114. The summed E-state index contributed by atoms with van der Waals surface area (Å²) in [6, 6.07) is 8.43. The quantitative estimate of drug-likeness (QED) is 0.772. The van der Waals surface area contributed by atoms with Gasteiger partial charge < -0.3 is 14.9 Å². The molecule has 1 atom stereocenters. The molecule has 31 heavy (non-hydrogen) atoms. The number of aliphatic hydroxyl groups is 1. The molecular formula is C24H33N3O3S. The van der Waals surface area contributed by atoms with E-state index in [0.717, 1.165) is 72.3 Å². The summed E-state index contributed by atoms with van der Waals surface area (Å²) in [4.78, 5) is 32.9. The van der Waals surface area contributed by atoms with Crippen LogP contribution in [0.1, 0.15) is 47.8 Å². The summed E-state index contributed by atoms with van der Waals surface area (Å²) in [6.07, 6.45) is 5.10. The molecule has 0 aliphatic carbocycles. The fourth-order valence-electron chi connectivity index (χ4n) is 4.97. The van der Waals surface area contributed by atoms with Gasteiger partial charge in [0.2, 0.25) is 5.91 Å². The zero-order valence-electron chi connectivity index (χ0n) is 18.4. The highest BCUT2D eigenvalue weighted by Crippen LogP contribution is 2.35. The van der Waals surface area contributed by atoms with Gasteiger partial charge in [0.25, 0.3) is 5.91 Å². The van der Waals surface area contributed by atoms with Gasteiger partial charge in [0.1, 0.15) is 0 Å². The Morgan fingerprint density at radius 2 is 1.84 bits per heavy atom. The lowest BCUT2D eigenvalue weighted by Gasteiger charge is -2.34. The number of aliphatic hydroxyl groups excluding tert-OH is 1. The van der Waals surface area contributed by atoms with E-state index in [9.17, 15) is 14.7 Å². The average Bonchev–Trinajstić information content (AvgIpc) is 2.96. The van der Waals surface area contributed by atoms with Crippen molar-refractivity contribution < 1.29 is 14.7 Å². The van der Waals surface area contributed by atoms with Gasteiger partial charge in [0, 0.05) is 56.9 Å². The fourth-order valence-corrected chi connectivity index (χ4v) is 6.17. The maximum Gasteiger partial charge on any atom is 0.264 e. The lowest BCUT2D eigenvalue weighted by Crippen LogP contribution is -2.49. The van der Waals surface area contributed by atoms with Crippen molar-refractivity contribution in [3.05, 3.63) is 34.7 Å². The second-order valence-corrected chi connectivity index (χ2v) is 9.74. The summed E-state index contributed by atoms with van der Waals surface area (Å²) in [5.74, 6) is 0.252. The van der Waals surface area contributed by atoms with Gasteiger partial charge in [-0.1, -0.05) is 31.0 Å². The molecule has 168 valence electrons. The summed E-state index contributed by atoms with van der Waals surface area (Å²) in [5, 5.41) is 10.3. The maximum atomic E-state index is 13.6. The van der Waals surface area contributed by atoms with Gasteiger partial charge in [0.05, 0.1) is 11.5 Å². The Kier molecular flexibility index (Phi) is 7.25. The fraction of sp³-hybridized carbons (Fsp3) is 0.583. The molecule has 1 N–H and O–H groups in total. The first-order valence-electron chi connectivity index (χ1n) is 11.5. The number of nitrogens with zero attached hydrogens (tertiary/aromatic N) is 3. The van der Waals surface area contributed by atoms with E-state index in [1.807, 2.05) is 21.9 Å². The van der Waals surface area contributed by atoms with E-state index in [0.29, 0.717) is 19.6 Å². The molecule has 0 bridgehead atoms. The van der Waals surface area contributed by atoms with Gasteiger partial charge in [-0.15, -0.1) is 11.3 Å². The summed E-state index contributed by atoms with van der Waals surface area (Å²) >= 11 is 1.59. The van der Waals surface area contributed by atoms with Crippen molar-refractivity contribution in [2.24, 2.45) is 0 Å².